The topological polar surface area (TPSA) is 65.0 Å². The second kappa shape index (κ2) is 10.9. The number of guanidine groups is 1. The lowest BCUT2D eigenvalue weighted by atomic mass is 10.2. The molecule has 0 unspecified atom stereocenters. The van der Waals surface area contributed by atoms with Crippen LogP contribution in [-0.2, 0) is 16.4 Å². The van der Waals surface area contributed by atoms with Crippen molar-refractivity contribution in [2.45, 2.75) is 18.4 Å². The zero-order valence-corrected chi connectivity index (χ0v) is 20.4. The summed E-state index contributed by atoms with van der Waals surface area (Å²) in [5.74, 6) is 0.618. The molecular formula is C21H28FIN4O2S. The molecule has 3 rings (SSSR count). The lowest BCUT2D eigenvalue weighted by Crippen LogP contribution is -2.52. The van der Waals surface area contributed by atoms with E-state index in [2.05, 4.69) is 15.1 Å². The molecule has 0 atom stereocenters. The summed E-state index contributed by atoms with van der Waals surface area (Å²) in [6, 6.07) is 13.7. The van der Waals surface area contributed by atoms with Gasteiger partial charge in [0.05, 0.1) is 17.1 Å². The van der Waals surface area contributed by atoms with Crippen LogP contribution in [0.5, 0.6) is 0 Å². The summed E-state index contributed by atoms with van der Waals surface area (Å²) in [5.41, 5.74) is 1.58. The molecular weight excluding hydrogens is 518 g/mol. The average Bonchev–Trinajstić information content (AvgIpc) is 2.71. The number of halogens is 2. The Morgan fingerprint density at radius 1 is 1.07 bits per heavy atom. The van der Waals surface area contributed by atoms with Crippen molar-refractivity contribution < 1.29 is 12.8 Å². The van der Waals surface area contributed by atoms with Gasteiger partial charge in [0.1, 0.15) is 5.82 Å². The molecule has 1 saturated heterocycles. The van der Waals surface area contributed by atoms with Gasteiger partial charge >= 0.3 is 0 Å². The Morgan fingerprint density at radius 2 is 1.70 bits per heavy atom. The van der Waals surface area contributed by atoms with E-state index in [9.17, 15) is 12.8 Å². The minimum atomic E-state index is -3.20. The highest BCUT2D eigenvalue weighted by molar-refractivity contribution is 14.0. The Kier molecular flexibility index (Phi) is 8.90. The molecule has 0 aliphatic carbocycles. The third-order valence-electron chi connectivity index (χ3n) is 4.87. The summed E-state index contributed by atoms with van der Waals surface area (Å²) in [7, 11) is -3.20. The van der Waals surface area contributed by atoms with Crippen LogP contribution < -0.4 is 10.2 Å². The SMILES string of the molecule is CCNC(=NCc1ccc(S(C)(=O)=O)cc1)N1CCN(c2ccccc2F)CC1.I. The van der Waals surface area contributed by atoms with Gasteiger partial charge in [0.25, 0.3) is 0 Å². The Bertz CT molecular complexity index is 959. The maximum Gasteiger partial charge on any atom is 0.194 e. The first-order chi connectivity index (χ1) is 13.9. The summed E-state index contributed by atoms with van der Waals surface area (Å²) in [4.78, 5) is 9.24. The van der Waals surface area contributed by atoms with Crippen molar-refractivity contribution in [1.82, 2.24) is 10.2 Å². The van der Waals surface area contributed by atoms with Crippen LogP contribution in [0, 0.1) is 5.82 Å². The highest BCUT2D eigenvalue weighted by atomic mass is 127. The second-order valence-electron chi connectivity index (χ2n) is 7.01. The Morgan fingerprint density at radius 3 is 2.27 bits per heavy atom. The first-order valence-electron chi connectivity index (χ1n) is 9.70. The molecule has 1 fully saturated rings. The molecule has 164 valence electrons. The maximum absolute atomic E-state index is 14.0. The van der Waals surface area contributed by atoms with Crippen molar-refractivity contribution in [2.24, 2.45) is 4.99 Å². The van der Waals surface area contributed by atoms with Gasteiger partial charge in [0.15, 0.2) is 15.8 Å². The molecule has 0 bridgehead atoms. The molecule has 0 saturated carbocycles. The van der Waals surface area contributed by atoms with Gasteiger partial charge in [-0.25, -0.2) is 17.8 Å². The zero-order chi connectivity index (χ0) is 20.9. The lowest BCUT2D eigenvalue weighted by molar-refractivity contribution is 0.370. The first kappa shape index (κ1) is 24.4. The van der Waals surface area contributed by atoms with Gasteiger partial charge in [-0.2, -0.15) is 0 Å². The number of nitrogens with zero attached hydrogens (tertiary/aromatic N) is 3. The third-order valence-corrected chi connectivity index (χ3v) is 6.00. The fourth-order valence-electron chi connectivity index (χ4n) is 3.30. The van der Waals surface area contributed by atoms with Crippen molar-refractivity contribution in [3.05, 3.63) is 59.9 Å². The van der Waals surface area contributed by atoms with Gasteiger partial charge in [-0.1, -0.05) is 24.3 Å². The van der Waals surface area contributed by atoms with Crippen LogP contribution in [0.25, 0.3) is 0 Å². The highest BCUT2D eigenvalue weighted by Crippen LogP contribution is 2.20. The Balaban J connectivity index is 0.00000320. The van der Waals surface area contributed by atoms with Crippen LogP contribution in [0.3, 0.4) is 0 Å². The minimum absolute atomic E-state index is 0. The van der Waals surface area contributed by atoms with Gasteiger partial charge in [-0.05, 0) is 36.8 Å². The largest absolute Gasteiger partial charge is 0.366 e. The van der Waals surface area contributed by atoms with Gasteiger partial charge in [-0.3, -0.25) is 0 Å². The number of anilines is 1. The van der Waals surface area contributed by atoms with E-state index >= 15 is 0 Å². The van der Waals surface area contributed by atoms with Crippen molar-refractivity contribution in [3.8, 4) is 0 Å². The van der Waals surface area contributed by atoms with E-state index in [4.69, 9.17) is 4.99 Å². The fraction of sp³-hybridized carbons (Fsp3) is 0.381. The van der Waals surface area contributed by atoms with Crippen molar-refractivity contribution in [2.75, 3.05) is 43.9 Å². The standard InChI is InChI=1S/C21H27FN4O2S.HI/c1-3-23-21(24-16-17-8-10-18(11-9-17)29(2,27)28)26-14-12-25(13-15-26)20-7-5-4-6-19(20)22;/h4-11H,3,12-16H2,1-2H3,(H,23,24);1H. The molecule has 1 N–H and O–H groups in total. The summed E-state index contributed by atoms with van der Waals surface area (Å²) >= 11 is 0. The van der Waals surface area contributed by atoms with Crippen LogP contribution in [0.1, 0.15) is 12.5 Å². The Labute approximate surface area is 195 Å². The molecule has 2 aromatic rings. The summed E-state index contributed by atoms with van der Waals surface area (Å²) in [6.07, 6.45) is 1.20. The average molecular weight is 546 g/mol. The molecule has 6 nitrogen and oxygen atoms in total. The van der Waals surface area contributed by atoms with Crippen molar-refractivity contribution in [3.63, 3.8) is 0 Å². The molecule has 1 heterocycles. The molecule has 30 heavy (non-hydrogen) atoms. The van der Waals surface area contributed by atoms with E-state index in [1.54, 1.807) is 30.3 Å². The second-order valence-corrected chi connectivity index (χ2v) is 9.03. The van der Waals surface area contributed by atoms with Gasteiger partial charge in [-0.15, -0.1) is 24.0 Å². The van der Waals surface area contributed by atoms with E-state index in [1.807, 2.05) is 19.1 Å². The quantitative estimate of drug-likeness (QED) is 0.355. The minimum Gasteiger partial charge on any atom is -0.366 e. The van der Waals surface area contributed by atoms with Crippen molar-refractivity contribution in [1.29, 1.82) is 0 Å². The smallest absolute Gasteiger partial charge is 0.194 e. The van der Waals surface area contributed by atoms with Crippen LogP contribution >= 0.6 is 24.0 Å². The Hall–Kier alpha value is -1.88. The van der Waals surface area contributed by atoms with E-state index in [0.717, 1.165) is 31.2 Å². The number of benzene rings is 2. The number of hydrogen-bond donors (Lipinski definition) is 1. The van der Waals surface area contributed by atoms with E-state index in [-0.39, 0.29) is 29.8 Å². The highest BCUT2D eigenvalue weighted by Gasteiger charge is 2.21. The van der Waals surface area contributed by atoms with Crippen molar-refractivity contribution >= 4 is 45.5 Å². The van der Waals surface area contributed by atoms with Gasteiger partial charge in [0, 0.05) is 39.0 Å². The monoisotopic (exact) mass is 546 g/mol. The summed E-state index contributed by atoms with van der Waals surface area (Å²) in [5, 5.41) is 3.31. The number of rotatable bonds is 5. The van der Waals surface area contributed by atoms with Gasteiger partial charge < -0.3 is 15.1 Å². The van der Waals surface area contributed by atoms with E-state index < -0.39 is 9.84 Å². The normalized spacial score (nSPS) is 15.0. The predicted octanol–water partition coefficient (Wildman–Crippen LogP) is 3.13. The van der Waals surface area contributed by atoms with Crippen LogP contribution in [0.4, 0.5) is 10.1 Å². The number of piperazine rings is 1. The number of hydrogen-bond acceptors (Lipinski definition) is 4. The molecule has 9 heteroatoms. The van der Waals surface area contributed by atoms with Gasteiger partial charge in [0.2, 0.25) is 0 Å². The number of sulfone groups is 1. The molecule has 1 aliphatic rings. The molecule has 0 amide bonds. The fourth-order valence-corrected chi connectivity index (χ4v) is 3.93. The van der Waals surface area contributed by atoms with Crippen LogP contribution in [0.15, 0.2) is 58.4 Å². The van der Waals surface area contributed by atoms with E-state index in [0.29, 0.717) is 30.2 Å². The predicted molar refractivity (Wildman–Crippen MR) is 130 cm³/mol. The van der Waals surface area contributed by atoms with Crippen LogP contribution in [0.2, 0.25) is 0 Å². The maximum atomic E-state index is 14.0. The lowest BCUT2D eigenvalue weighted by Gasteiger charge is -2.37. The van der Waals surface area contributed by atoms with E-state index in [1.165, 1.54) is 12.3 Å². The first-order valence-corrected chi connectivity index (χ1v) is 11.6. The molecule has 0 aromatic heterocycles. The number of para-hydroxylation sites is 1. The zero-order valence-electron chi connectivity index (χ0n) is 17.2. The molecule has 1 aliphatic heterocycles. The third kappa shape index (κ3) is 6.31. The molecule has 0 radical (unpaired) electrons. The molecule has 0 spiro atoms. The van der Waals surface area contributed by atoms with Crippen LogP contribution in [-0.4, -0.2) is 58.3 Å². The summed E-state index contributed by atoms with van der Waals surface area (Å²) in [6.45, 7) is 6.15. The summed E-state index contributed by atoms with van der Waals surface area (Å²) < 4.78 is 37.2. The number of aliphatic imine (C=N–C) groups is 1. The molecule has 2 aromatic carbocycles. The number of nitrogens with one attached hydrogen (secondary N) is 1.